The predicted molar refractivity (Wildman–Crippen MR) is 41.1 cm³/mol. The summed E-state index contributed by atoms with van der Waals surface area (Å²) in [6.45, 7) is 3.54. The zero-order chi connectivity index (χ0) is 9.12. The molecule has 0 spiro atoms. The average molecular weight is 183 g/mol. The summed E-state index contributed by atoms with van der Waals surface area (Å²) < 4.78 is 14.5. The lowest BCUT2D eigenvalue weighted by atomic mass is 10.1. The van der Waals surface area contributed by atoms with E-state index in [0.29, 0.717) is 0 Å². The molecule has 0 aromatic heterocycles. The molecule has 0 fully saturated rings. The van der Waals surface area contributed by atoms with E-state index in [4.69, 9.17) is 9.79 Å². The van der Waals surface area contributed by atoms with Crippen LogP contribution >= 0.6 is 7.82 Å². The zero-order valence-electron chi connectivity index (χ0n) is 6.87. The van der Waals surface area contributed by atoms with Crippen LogP contribution in [0.5, 0.6) is 0 Å². The van der Waals surface area contributed by atoms with E-state index in [9.17, 15) is 4.57 Å². The third-order valence-electron chi connectivity index (χ3n) is 1.27. The van der Waals surface area contributed by atoms with Gasteiger partial charge in [0, 0.05) is 5.54 Å². The van der Waals surface area contributed by atoms with Gasteiger partial charge in [0.15, 0.2) is 0 Å². The van der Waals surface area contributed by atoms with Crippen LogP contribution in [0.15, 0.2) is 0 Å². The number of hydrogen-bond donors (Lipinski definition) is 3. The summed E-state index contributed by atoms with van der Waals surface area (Å²) in [5.74, 6) is 0. The highest BCUT2D eigenvalue weighted by Crippen LogP contribution is 2.36. The Morgan fingerprint density at radius 1 is 1.55 bits per heavy atom. The van der Waals surface area contributed by atoms with Crippen molar-refractivity contribution in [3.63, 3.8) is 0 Å². The molecule has 0 rings (SSSR count). The minimum absolute atomic E-state index is 0.0201. The summed E-state index contributed by atoms with van der Waals surface area (Å²) in [6.07, 6.45) is 0. The molecule has 0 radical (unpaired) electrons. The molecule has 68 valence electrons. The Labute approximate surface area is 66.0 Å². The lowest BCUT2D eigenvalue weighted by Gasteiger charge is -2.23. The molecule has 11 heavy (non-hydrogen) atoms. The number of phosphoric ester groups is 1. The summed E-state index contributed by atoms with van der Waals surface area (Å²) in [5.41, 5.74) is -0.416. The number of rotatable bonds is 4. The lowest BCUT2D eigenvalue weighted by molar-refractivity contribution is 0.152. The van der Waals surface area contributed by atoms with Gasteiger partial charge in [0.1, 0.15) is 0 Å². The lowest BCUT2D eigenvalue weighted by Crippen LogP contribution is -2.40. The third-order valence-corrected chi connectivity index (χ3v) is 1.74. The van der Waals surface area contributed by atoms with Crippen molar-refractivity contribution in [2.75, 3.05) is 13.7 Å². The molecule has 5 nitrogen and oxygen atoms in total. The fraction of sp³-hybridized carbons (Fsp3) is 1.00. The van der Waals surface area contributed by atoms with Crippen LogP contribution in [0.2, 0.25) is 0 Å². The highest BCUT2D eigenvalue weighted by Gasteiger charge is 2.21. The molecule has 0 aliphatic rings. The van der Waals surface area contributed by atoms with Crippen molar-refractivity contribution in [2.24, 2.45) is 0 Å². The van der Waals surface area contributed by atoms with E-state index in [1.807, 2.05) is 0 Å². The quantitative estimate of drug-likeness (QED) is 0.538. The first kappa shape index (κ1) is 11.1. The summed E-state index contributed by atoms with van der Waals surface area (Å²) in [7, 11) is -2.62. The van der Waals surface area contributed by atoms with Crippen LogP contribution in [0.25, 0.3) is 0 Å². The fourth-order valence-electron chi connectivity index (χ4n) is 0.318. The molecule has 6 heteroatoms. The number of phosphoric acid groups is 1. The van der Waals surface area contributed by atoms with Gasteiger partial charge < -0.3 is 15.1 Å². The molecule has 0 aromatic rings. The van der Waals surface area contributed by atoms with Crippen molar-refractivity contribution in [1.29, 1.82) is 0 Å². The molecule has 0 aromatic carbocycles. The van der Waals surface area contributed by atoms with Gasteiger partial charge in [-0.25, -0.2) is 4.57 Å². The van der Waals surface area contributed by atoms with Gasteiger partial charge in [-0.2, -0.15) is 0 Å². The Morgan fingerprint density at radius 3 is 2.27 bits per heavy atom. The minimum Gasteiger partial charge on any atom is -0.313 e. The Bertz CT molecular complexity index is 164. The molecule has 0 saturated carbocycles. The zero-order valence-corrected chi connectivity index (χ0v) is 7.76. The van der Waals surface area contributed by atoms with E-state index in [1.54, 1.807) is 20.9 Å². The van der Waals surface area contributed by atoms with Gasteiger partial charge in [0.25, 0.3) is 0 Å². The minimum atomic E-state index is -4.32. The molecule has 0 saturated heterocycles. The van der Waals surface area contributed by atoms with E-state index in [2.05, 4.69) is 9.84 Å². The SMILES string of the molecule is CNC(C)(C)COP(=O)(O)O. The maximum absolute atomic E-state index is 10.2. The number of nitrogens with one attached hydrogen (secondary N) is 1. The van der Waals surface area contributed by atoms with Crippen LogP contribution in [0.4, 0.5) is 0 Å². The van der Waals surface area contributed by atoms with Crippen LogP contribution in [0, 0.1) is 0 Å². The summed E-state index contributed by atoms with van der Waals surface area (Å²) in [6, 6.07) is 0. The van der Waals surface area contributed by atoms with Crippen molar-refractivity contribution < 1.29 is 18.9 Å². The second-order valence-electron chi connectivity index (χ2n) is 2.90. The van der Waals surface area contributed by atoms with Crippen LogP contribution in [-0.2, 0) is 9.09 Å². The fourth-order valence-corrected chi connectivity index (χ4v) is 0.809. The highest BCUT2D eigenvalue weighted by atomic mass is 31.2. The molecule has 0 amide bonds. The van der Waals surface area contributed by atoms with Crippen molar-refractivity contribution >= 4 is 7.82 Å². The van der Waals surface area contributed by atoms with Crippen molar-refractivity contribution in [3.8, 4) is 0 Å². The van der Waals surface area contributed by atoms with Crippen LogP contribution < -0.4 is 5.32 Å². The van der Waals surface area contributed by atoms with Crippen molar-refractivity contribution in [3.05, 3.63) is 0 Å². The van der Waals surface area contributed by atoms with Gasteiger partial charge in [0.2, 0.25) is 0 Å². The van der Waals surface area contributed by atoms with E-state index >= 15 is 0 Å². The smallest absolute Gasteiger partial charge is 0.313 e. The van der Waals surface area contributed by atoms with Gasteiger partial charge in [-0.1, -0.05) is 0 Å². The monoisotopic (exact) mass is 183 g/mol. The topological polar surface area (TPSA) is 78.8 Å². The molecular weight excluding hydrogens is 169 g/mol. The molecule has 0 aliphatic carbocycles. The molecular formula is C5H14NO4P. The largest absolute Gasteiger partial charge is 0.469 e. The molecule has 0 unspecified atom stereocenters. The maximum Gasteiger partial charge on any atom is 0.469 e. The normalized spacial score (nSPS) is 13.5. The van der Waals surface area contributed by atoms with Gasteiger partial charge in [-0.05, 0) is 20.9 Å². The first-order valence-electron chi connectivity index (χ1n) is 3.16. The maximum atomic E-state index is 10.2. The second kappa shape index (κ2) is 3.65. The first-order valence-corrected chi connectivity index (χ1v) is 4.69. The van der Waals surface area contributed by atoms with E-state index in [1.165, 1.54) is 0 Å². The summed E-state index contributed by atoms with van der Waals surface area (Å²) in [4.78, 5) is 16.7. The van der Waals surface area contributed by atoms with Crippen LogP contribution in [-0.4, -0.2) is 29.0 Å². The number of likely N-dealkylation sites (N-methyl/N-ethyl adjacent to an activating group) is 1. The van der Waals surface area contributed by atoms with Crippen molar-refractivity contribution in [2.45, 2.75) is 19.4 Å². The Morgan fingerprint density at radius 2 is 2.00 bits per heavy atom. The standard InChI is InChI=1S/C5H14NO4P/c1-5(2,6-3)4-10-11(7,8)9/h6H,4H2,1-3H3,(H2,7,8,9). The number of hydrogen-bond acceptors (Lipinski definition) is 3. The first-order chi connectivity index (χ1) is 4.77. The average Bonchev–Trinajstić information content (AvgIpc) is 1.83. The summed E-state index contributed by atoms with van der Waals surface area (Å²) in [5, 5.41) is 2.85. The van der Waals surface area contributed by atoms with Gasteiger partial charge in [-0.15, -0.1) is 0 Å². The summed E-state index contributed by atoms with van der Waals surface area (Å²) >= 11 is 0. The Balaban J connectivity index is 3.80. The molecule has 0 aliphatic heterocycles. The van der Waals surface area contributed by atoms with Crippen molar-refractivity contribution in [1.82, 2.24) is 5.32 Å². The van der Waals surface area contributed by atoms with Crippen LogP contribution in [0.3, 0.4) is 0 Å². The molecule has 3 N–H and O–H groups in total. The third kappa shape index (κ3) is 6.47. The van der Waals surface area contributed by atoms with E-state index in [0.717, 1.165) is 0 Å². The van der Waals surface area contributed by atoms with E-state index < -0.39 is 13.4 Å². The van der Waals surface area contributed by atoms with Gasteiger partial charge in [-0.3, -0.25) is 4.52 Å². The Hall–Kier alpha value is 0.0700. The van der Waals surface area contributed by atoms with Gasteiger partial charge >= 0.3 is 7.82 Å². The highest BCUT2D eigenvalue weighted by molar-refractivity contribution is 7.46. The second-order valence-corrected chi connectivity index (χ2v) is 4.14. The van der Waals surface area contributed by atoms with E-state index in [-0.39, 0.29) is 6.61 Å². The van der Waals surface area contributed by atoms with Crippen LogP contribution in [0.1, 0.15) is 13.8 Å². The molecule has 0 atom stereocenters. The molecule has 0 heterocycles. The Kier molecular flexibility index (Phi) is 3.67. The predicted octanol–water partition coefficient (Wildman–Crippen LogP) is 0.0937. The van der Waals surface area contributed by atoms with Gasteiger partial charge in [0.05, 0.1) is 6.61 Å². The molecule has 0 bridgehead atoms.